The molecule has 6 bridgehead atoms. The van der Waals surface area contributed by atoms with Gasteiger partial charge in [0.1, 0.15) is 11.5 Å². The second-order valence-electron chi connectivity index (χ2n) is 13.9. The summed E-state index contributed by atoms with van der Waals surface area (Å²) < 4.78 is 43.5. The van der Waals surface area contributed by atoms with Gasteiger partial charge in [-0.05, 0) is 111 Å². The van der Waals surface area contributed by atoms with Crippen molar-refractivity contribution in [1.82, 2.24) is 9.80 Å². The number of fused-ring (bicyclic) bond motifs is 2. The highest BCUT2D eigenvalue weighted by molar-refractivity contribution is 5.66. The Morgan fingerprint density at radius 2 is 1.45 bits per heavy atom. The smallest absolute Gasteiger partial charge is 0.204 e. The molecular formula is C42H50N2O7. The Bertz CT molecular complexity index is 1860. The van der Waals surface area contributed by atoms with Crippen LogP contribution in [0.5, 0.6) is 40.2 Å². The van der Waals surface area contributed by atoms with Crippen LogP contribution in [0.1, 0.15) is 58.0 Å². The van der Waals surface area contributed by atoms with Crippen molar-refractivity contribution in [2.24, 2.45) is 0 Å². The van der Waals surface area contributed by atoms with E-state index < -0.39 is 0 Å². The van der Waals surface area contributed by atoms with E-state index in [-0.39, 0.29) is 18.2 Å². The van der Waals surface area contributed by atoms with E-state index in [1.54, 1.807) is 28.4 Å². The van der Waals surface area contributed by atoms with E-state index in [2.05, 4.69) is 78.5 Å². The van der Waals surface area contributed by atoms with Crippen molar-refractivity contribution in [3.8, 4) is 40.2 Å². The first-order valence-corrected chi connectivity index (χ1v) is 17.9. The van der Waals surface area contributed by atoms with Crippen LogP contribution < -0.4 is 23.7 Å². The molecule has 0 radical (unpaired) electrons. The molecule has 4 heterocycles. The maximum atomic E-state index is 7.09. The molecule has 0 amide bonds. The zero-order chi connectivity index (χ0) is 35.6. The van der Waals surface area contributed by atoms with Crippen molar-refractivity contribution in [3.05, 3.63) is 99.6 Å². The molecule has 4 aliphatic rings. The van der Waals surface area contributed by atoms with Gasteiger partial charge in [-0.25, -0.2) is 0 Å². The summed E-state index contributed by atoms with van der Waals surface area (Å²) in [5.74, 6) is 4.79. The minimum absolute atomic E-state index is 0.0466. The molecule has 1 unspecified atom stereocenters. The van der Waals surface area contributed by atoms with Gasteiger partial charge >= 0.3 is 0 Å². The third-order valence-electron chi connectivity index (χ3n) is 10.7. The SMILES string of the molecule is COCC(C)OCc1c2c3c(c(OC)c1OC)Oc1ccc4c(c1)[C@H](Cc1ccc(cc1)Oc1cc(ccc1OC)C[C@@H]3N(C)CC2)N(C)CC4. The molecule has 0 saturated carbocycles. The minimum atomic E-state index is -0.0959. The van der Waals surface area contributed by atoms with Crippen LogP contribution in [0.25, 0.3) is 0 Å². The van der Waals surface area contributed by atoms with E-state index in [1.165, 1.54) is 22.3 Å². The quantitative estimate of drug-likeness (QED) is 0.185. The first kappa shape index (κ1) is 35.1. The summed E-state index contributed by atoms with van der Waals surface area (Å²) in [6.07, 6.45) is 3.26. The molecular weight excluding hydrogens is 644 g/mol. The zero-order valence-electron chi connectivity index (χ0n) is 30.9. The molecule has 9 heteroatoms. The van der Waals surface area contributed by atoms with Gasteiger partial charge in [-0.3, -0.25) is 9.80 Å². The van der Waals surface area contributed by atoms with Gasteiger partial charge in [0.15, 0.2) is 23.0 Å². The molecule has 4 aromatic rings. The van der Waals surface area contributed by atoms with Crippen LogP contribution in [0, 0.1) is 0 Å². The fraction of sp³-hybridized carbons (Fsp3) is 0.429. The molecule has 0 saturated heterocycles. The standard InChI is InChI=1S/C42H50N2O7/c1-26(24-45-4)49-25-34-32-17-19-44(3)36-21-28-10-15-37(46-5)38(22-28)50-30-12-8-27(9-13-30)20-35-33-23-31(14-11-29(33)16-18-43(35)2)51-41(39(32)36)42(48-7)40(34)47-6/h8-15,22-23,26,35-36H,16-21,24-25H2,1-7H3/t26?,35-,36-/m0/s1. The number of rotatable bonds is 8. The van der Waals surface area contributed by atoms with Crippen molar-refractivity contribution in [3.63, 3.8) is 0 Å². The summed E-state index contributed by atoms with van der Waals surface area (Å²) in [4.78, 5) is 4.85. The summed E-state index contributed by atoms with van der Waals surface area (Å²) in [6, 6.07) is 21.4. The molecule has 0 N–H and O–H groups in total. The second kappa shape index (κ2) is 15.1. The van der Waals surface area contributed by atoms with Gasteiger partial charge < -0.3 is 33.2 Å². The van der Waals surface area contributed by atoms with Crippen molar-refractivity contribution in [2.45, 2.75) is 57.4 Å². The molecule has 270 valence electrons. The third kappa shape index (κ3) is 7.00. The average molecular weight is 695 g/mol. The molecule has 0 aromatic heterocycles. The van der Waals surface area contributed by atoms with Crippen molar-refractivity contribution < 1.29 is 33.2 Å². The van der Waals surface area contributed by atoms with Gasteiger partial charge in [-0.15, -0.1) is 0 Å². The Hall–Kier alpha value is -4.28. The number of nitrogens with zero attached hydrogens (tertiary/aromatic N) is 2. The van der Waals surface area contributed by atoms with E-state index >= 15 is 0 Å². The van der Waals surface area contributed by atoms with Gasteiger partial charge in [-0.1, -0.05) is 24.3 Å². The molecule has 0 spiro atoms. The number of hydrogen-bond donors (Lipinski definition) is 0. The minimum Gasteiger partial charge on any atom is -0.493 e. The monoisotopic (exact) mass is 694 g/mol. The third-order valence-corrected chi connectivity index (χ3v) is 10.7. The second-order valence-corrected chi connectivity index (χ2v) is 13.9. The molecule has 4 aromatic carbocycles. The largest absolute Gasteiger partial charge is 0.493 e. The molecule has 51 heavy (non-hydrogen) atoms. The molecule has 8 rings (SSSR count). The van der Waals surface area contributed by atoms with Crippen LogP contribution in [-0.2, 0) is 41.8 Å². The number of benzene rings is 4. The topological polar surface area (TPSA) is 71.1 Å². The first-order valence-electron chi connectivity index (χ1n) is 17.9. The first-order chi connectivity index (χ1) is 24.8. The van der Waals surface area contributed by atoms with Gasteiger partial charge in [0.05, 0.1) is 40.6 Å². The highest BCUT2D eigenvalue weighted by Crippen LogP contribution is 2.53. The van der Waals surface area contributed by atoms with E-state index in [4.69, 9.17) is 33.2 Å². The van der Waals surface area contributed by atoms with Crippen LogP contribution >= 0.6 is 0 Å². The summed E-state index contributed by atoms with van der Waals surface area (Å²) in [5, 5.41) is 0. The summed E-state index contributed by atoms with van der Waals surface area (Å²) in [5.41, 5.74) is 8.23. The normalized spacial score (nSPS) is 19.2. The molecule has 0 aliphatic carbocycles. The van der Waals surface area contributed by atoms with Gasteiger partial charge in [-0.2, -0.15) is 0 Å². The van der Waals surface area contributed by atoms with Crippen LogP contribution in [0.2, 0.25) is 0 Å². The number of hydrogen-bond acceptors (Lipinski definition) is 9. The molecule has 3 atom stereocenters. The lowest BCUT2D eigenvalue weighted by atomic mass is 9.84. The molecule has 4 aliphatic heterocycles. The highest BCUT2D eigenvalue weighted by Gasteiger charge is 2.37. The van der Waals surface area contributed by atoms with Gasteiger partial charge in [0, 0.05) is 43.4 Å². The number of likely N-dealkylation sites (N-methyl/N-ethyl adjacent to an activating group) is 2. The van der Waals surface area contributed by atoms with Crippen molar-refractivity contribution in [1.29, 1.82) is 0 Å². The maximum absolute atomic E-state index is 7.09. The molecule has 0 fully saturated rings. The Morgan fingerprint density at radius 1 is 0.745 bits per heavy atom. The fourth-order valence-electron chi connectivity index (χ4n) is 7.97. The lowest BCUT2D eigenvalue weighted by molar-refractivity contribution is -0.00130. The predicted molar refractivity (Wildman–Crippen MR) is 197 cm³/mol. The highest BCUT2D eigenvalue weighted by atomic mass is 16.5. The summed E-state index contributed by atoms with van der Waals surface area (Å²) in [7, 11) is 11.1. The number of methoxy groups -OCH3 is 4. The van der Waals surface area contributed by atoms with Crippen LogP contribution in [0.15, 0.2) is 60.7 Å². The van der Waals surface area contributed by atoms with E-state index in [0.29, 0.717) is 48.4 Å². The Kier molecular flexibility index (Phi) is 10.4. The van der Waals surface area contributed by atoms with Crippen LogP contribution in [-0.4, -0.2) is 78.1 Å². The van der Waals surface area contributed by atoms with Crippen molar-refractivity contribution >= 4 is 0 Å². The Balaban J connectivity index is 1.44. The van der Waals surface area contributed by atoms with E-state index in [0.717, 1.165) is 60.5 Å². The summed E-state index contributed by atoms with van der Waals surface area (Å²) >= 11 is 0. The lowest BCUT2D eigenvalue weighted by Gasteiger charge is -2.38. The van der Waals surface area contributed by atoms with Gasteiger partial charge in [0.25, 0.3) is 0 Å². The fourth-order valence-corrected chi connectivity index (χ4v) is 7.97. The summed E-state index contributed by atoms with van der Waals surface area (Å²) in [6.45, 7) is 4.72. The zero-order valence-corrected chi connectivity index (χ0v) is 30.9. The Morgan fingerprint density at radius 3 is 2.20 bits per heavy atom. The predicted octanol–water partition coefficient (Wildman–Crippen LogP) is 7.71. The lowest BCUT2D eigenvalue weighted by Crippen LogP contribution is -2.35. The average Bonchev–Trinajstić information content (AvgIpc) is 3.13. The van der Waals surface area contributed by atoms with Crippen LogP contribution in [0.3, 0.4) is 0 Å². The van der Waals surface area contributed by atoms with Gasteiger partial charge in [0.2, 0.25) is 5.75 Å². The molecule has 9 nitrogen and oxygen atoms in total. The number of ether oxygens (including phenoxy) is 7. The Labute approximate surface area is 301 Å². The van der Waals surface area contributed by atoms with E-state index in [9.17, 15) is 0 Å². The van der Waals surface area contributed by atoms with Crippen molar-refractivity contribution in [2.75, 3.05) is 62.2 Å². The maximum Gasteiger partial charge on any atom is 0.204 e. The van der Waals surface area contributed by atoms with Crippen LogP contribution in [0.4, 0.5) is 0 Å². The van der Waals surface area contributed by atoms with E-state index in [1.807, 2.05) is 13.0 Å².